The van der Waals surface area contributed by atoms with Crippen molar-refractivity contribution in [3.63, 3.8) is 0 Å². The Hall–Kier alpha value is 0. The third-order valence-electron chi connectivity index (χ3n) is 4.17. The molecule has 0 bridgehead atoms. The summed E-state index contributed by atoms with van der Waals surface area (Å²) in [4.78, 5) is 0. The van der Waals surface area contributed by atoms with Crippen LogP contribution in [0.25, 0.3) is 0 Å². The van der Waals surface area contributed by atoms with E-state index in [2.05, 4.69) is 27.7 Å². The molecule has 0 aromatic heterocycles. The quantitative estimate of drug-likeness (QED) is 0.588. The summed E-state index contributed by atoms with van der Waals surface area (Å²) in [6.07, 6.45) is 3.11. The molecular formula is C12H22. The maximum absolute atomic E-state index is 2.42. The first-order valence-electron chi connectivity index (χ1n) is 5.61. The number of rotatable bonds is 2. The molecule has 0 heteroatoms. The fraction of sp³-hybridized carbons (Fsp3) is 1.00. The summed E-state index contributed by atoms with van der Waals surface area (Å²) in [6, 6.07) is 0. The van der Waals surface area contributed by atoms with Crippen LogP contribution in [-0.2, 0) is 0 Å². The van der Waals surface area contributed by atoms with Gasteiger partial charge >= 0.3 is 0 Å². The maximum atomic E-state index is 2.42. The van der Waals surface area contributed by atoms with Gasteiger partial charge in [-0.2, -0.15) is 0 Å². The van der Waals surface area contributed by atoms with E-state index < -0.39 is 0 Å². The average molecular weight is 166 g/mol. The van der Waals surface area contributed by atoms with Crippen molar-refractivity contribution in [3.8, 4) is 0 Å². The molecular weight excluding hydrogens is 144 g/mol. The molecule has 0 nitrogen and oxygen atoms in total. The molecule has 2 rings (SSSR count). The Morgan fingerprint density at radius 3 is 2.00 bits per heavy atom. The molecule has 0 spiro atoms. The second kappa shape index (κ2) is 2.75. The van der Waals surface area contributed by atoms with Gasteiger partial charge in [0.2, 0.25) is 0 Å². The molecule has 0 saturated heterocycles. The molecule has 0 unspecified atom stereocenters. The highest BCUT2D eigenvalue weighted by Crippen LogP contribution is 2.61. The molecule has 70 valence electrons. The van der Waals surface area contributed by atoms with Crippen LogP contribution in [0.2, 0.25) is 0 Å². The molecule has 0 amide bonds. The molecule has 2 saturated carbocycles. The Morgan fingerprint density at radius 1 is 0.917 bits per heavy atom. The maximum Gasteiger partial charge on any atom is -0.0329 e. The molecule has 0 aromatic rings. The van der Waals surface area contributed by atoms with Crippen molar-refractivity contribution in [2.24, 2.45) is 35.5 Å². The van der Waals surface area contributed by atoms with Gasteiger partial charge in [-0.1, -0.05) is 27.7 Å². The first kappa shape index (κ1) is 8.59. The Labute approximate surface area is 76.7 Å². The van der Waals surface area contributed by atoms with Gasteiger partial charge in [-0.05, 0) is 48.3 Å². The van der Waals surface area contributed by atoms with E-state index in [4.69, 9.17) is 0 Å². The lowest BCUT2D eigenvalue weighted by Crippen LogP contribution is -2.22. The Bertz CT molecular complexity index is 169. The van der Waals surface area contributed by atoms with Gasteiger partial charge in [0.15, 0.2) is 0 Å². The third-order valence-corrected chi connectivity index (χ3v) is 4.17. The van der Waals surface area contributed by atoms with E-state index in [-0.39, 0.29) is 0 Å². The van der Waals surface area contributed by atoms with Crippen LogP contribution in [0.4, 0.5) is 0 Å². The van der Waals surface area contributed by atoms with E-state index in [0.29, 0.717) is 0 Å². The van der Waals surface area contributed by atoms with Gasteiger partial charge in [0.05, 0.1) is 0 Å². The predicted molar refractivity (Wildman–Crippen MR) is 52.9 cm³/mol. The molecule has 0 N–H and O–H groups in total. The van der Waals surface area contributed by atoms with E-state index in [9.17, 15) is 0 Å². The van der Waals surface area contributed by atoms with Crippen LogP contribution in [0.5, 0.6) is 0 Å². The monoisotopic (exact) mass is 166 g/mol. The van der Waals surface area contributed by atoms with Gasteiger partial charge in [0, 0.05) is 0 Å². The normalized spacial score (nSPS) is 45.5. The summed E-state index contributed by atoms with van der Waals surface area (Å²) in [5.41, 5.74) is 0. The number of hydrogen-bond donors (Lipinski definition) is 0. The smallest absolute Gasteiger partial charge is 0.0329 e. The minimum absolute atomic E-state index is 0.921. The standard InChI is InChI=1S/C12H22/c1-7(2)10-5-9-6-11(9)12(10)8(3)4/h7-12H,5-6H2,1-4H3/t9-,10+,11+,12+/m1/s1. The molecule has 0 aromatic carbocycles. The van der Waals surface area contributed by atoms with Crippen LogP contribution in [0.3, 0.4) is 0 Å². The number of fused-ring (bicyclic) bond motifs is 1. The van der Waals surface area contributed by atoms with Crippen molar-refractivity contribution in [3.05, 3.63) is 0 Å². The average Bonchev–Trinajstić information content (AvgIpc) is 2.60. The highest BCUT2D eigenvalue weighted by Gasteiger charge is 2.54. The molecule has 2 aliphatic carbocycles. The van der Waals surface area contributed by atoms with Gasteiger partial charge in [-0.25, -0.2) is 0 Å². The lowest BCUT2D eigenvalue weighted by atomic mass is 9.77. The first-order chi connectivity index (χ1) is 5.61. The van der Waals surface area contributed by atoms with Crippen LogP contribution in [0.1, 0.15) is 40.5 Å². The van der Waals surface area contributed by atoms with Crippen molar-refractivity contribution in [1.29, 1.82) is 0 Å². The lowest BCUT2D eigenvalue weighted by molar-refractivity contribution is 0.201. The Morgan fingerprint density at radius 2 is 1.58 bits per heavy atom. The van der Waals surface area contributed by atoms with Crippen LogP contribution < -0.4 is 0 Å². The van der Waals surface area contributed by atoms with Crippen LogP contribution in [0, 0.1) is 35.5 Å². The van der Waals surface area contributed by atoms with Gasteiger partial charge in [-0.3, -0.25) is 0 Å². The summed E-state index contributed by atoms with van der Waals surface area (Å²) >= 11 is 0. The molecule has 2 aliphatic rings. The highest BCUT2D eigenvalue weighted by atomic mass is 14.6. The second-order valence-corrected chi connectivity index (χ2v) is 5.62. The van der Waals surface area contributed by atoms with Crippen LogP contribution in [0.15, 0.2) is 0 Å². The Kier molecular flexibility index (Phi) is 1.97. The summed E-state index contributed by atoms with van der Waals surface area (Å²) < 4.78 is 0. The highest BCUT2D eigenvalue weighted by molar-refractivity contribution is 5.03. The molecule has 4 atom stereocenters. The van der Waals surface area contributed by atoms with Crippen molar-refractivity contribution in [1.82, 2.24) is 0 Å². The fourth-order valence-electron chi connectivity index (χ4n) is 3.54. The third kappa shape index (κ3) is 1.20. The van der Waals surface area contributed by atoms with Crippen molar-refractivity contribution in [2.75, 3.05) is 0 Å². The van der Waals surface area contributed by atoms with E-state index in [1.807, 2.05) is 0 Å². The van der Waals surface area contributed by atoms with Gasteiger partial charge in [0.1, 0.15) is 0 Å². The van der Waals surface area contributed by atoms with E-state index >= 15 is 0 Å². The van der Waals surface area contributed by atoms with E-state index in [0.717, 1.165) is 35.5 Å². The SMILES string of the molecule is CC(C)[C@@H]1[C@H]2C[C@H]2C[C@H]1C(C)C. The lowest BCUT2D eigenvalue weighted by Gasteiger charge is -2.29. The minimum Gasteiger partial charge on any atom is -0.0625 e. The van der Waals surface area contributed by atoms with Gasteiger partial charge < -0.3 is 0 Å². The summed E-state index contributed by atoms with van der Waals surface area (Å²) in [7, 11) is 0. The first-order valence-corrected chi connectivity index (χ1v) is 5.61. The summed E-state index contributed by atoms with van der Waals surface area (Å²) in [5.74, 6) is 6.24. The van der Waals surface area contributed by atoms with Gasteiger partial charge in [-0.15, -0.1) is 0 Å². The summed E-state index contributed by atoms with van der Waals surface area (Å²) in [6.45, 7) is 9.65. The fourth-order valence-corrected chi connectivity index (χ4v) is 3.54. The zero-order valence-electron chi connectivity index (χ0n) is 8.88. The molecule has 0 radical (unpaired) electrons. The molecule has 0 heterocycles. The van der Waals surface area contributed by atoms with E-state index in [1.165, 1.54) is 0 Å². The largest absolute Gasteiger partial charge is 0.0625 e. The number of hydrogen-bond acceptors (Lipinski definition) is 0. The molecule has 0 aliphatic heterocycles. The van der Waals surface area contributed by atoms with Crippen molar-refractivity contribution in [2.45, 2.75) is 40.5 Å². The summed E-state index contributed by atoms with van der Waals surface area (Å²) in [5, 5.41) is 0. The predicted octanol–water partition coefficient (Wildman–Crippen LogP) is 3.57. The molecule has 12 heavy (non-hydrogen) atoms. The van der Waals surface area contributed by atoms with E-state index in [1.54, 1.807) is 12.8 Å². The second-order valence-electron chi connectivity index (χ2n) is 5.62. The van der Waals surface area contributed by atoms with Crippen molar-refractivity contribution < 1.29 is 0 Å². The van der Waals surface area contributed by atoms with Gasteiger partial charge in [0.25, 0.3) is 0 Å². The van der Waals surface area contributed by atoms with Crippen molar-refractivity contribution >= 4 is 0 Å². The van der Waals surface area contributed by atoms with Crippen LogP contribution in [-0.4, -0.2) is 0 Å². The van der Waals surface area contributed by atoms with Crippen LogP contribution >= 0.6 is 0 Å². The minimum atomic E-state index is 0.921. The zero-order chi connectivity index (χ0) is 8.88. The topological polar surface area (TPSA) is 0 Å². The Balaban J connectivity index is 2.06. The zero-order valence-corrected chi connectivity index (χ0v) is 8.88. The molecule has 2 fully saturated rings.